The molecule has 2 aromatic carbocycles. The number of aromatic carboxylic acids is 1. The molecular formula is C22H24N2O3. The van der Waals surface area contributed by atoms with Gasteiger partial charge in [0.25, 0.3) is 0 Å². The van der Waals surface area contributed by atoms with Gasteiger partial charge in [-0.15, -0.1) is 0 Å². The number of carbonyl (C=O) groups excluding carboxylic acids is 1. The Morgan fingerprint density at radius 3 is 2.59 bits per heavy atom. The van der Waals surface area contributed by atoms with Gasteiger partial charge >= 0.3 is 5.97 Å². The molecule has 1 amide bonds. The number of benzene rings is 2. The van der Waals surface area contributed by atoms with Crippen LogP contribution >= 0.6 is 0 Å². The Bertz CT molecular complexity index is 902. The number of amides is 1. The molecule has 0 fully saturated rings. The maximum Gasteiger partial charge on any atom is 0.337 e. The van der Waals surface area contributed by atoms with Gasteiger partial charge in [0, 0.05) is 25.2 Å². The Labute approximate surface area is 159 Å². The van der Waals surface area contributed by atoms with Crippen LogP contribution in [0.3, 0.4) is 0 Å². The average Bonchev–Trinajstić information content (AvgIpc) is 2.68. The van der Waals surface area contributed by atoms with Gasteiger partial charge in [-0.05, 0) is 48.2 Å². The van der Waals surface area contributed by atoms with Crippen molar-refractivity contribution in [3.63, 3.8) is 0 Å². The van der Waals surface area contributed by atoms with E-state index in [-0.39, 0.29) is 11.5 Å². The lowest BCUT2D eigenvalue weighted by atomic mass is 9.95. The van der Waals surface area contributed by atoms with Gasteiger partial charge in [0.2, 0.25) is 5.91 Å². The summed E-state index contributed by atoms with van der Waals surface area (Å²) in [5.41, 5.74) is 5.20. The predicted molar refractivity (Wildman–Crippen MR) is 108 cm³/mol. The predicted octanol–water partition coefficient (Wildman–Crippen LogP) is 4.34. The summed E-state index contributed by atoms with van der Waals surface area (Å²) in [5.74, 6) is -1.13. The fourth-order valence-corrected chi connectivity index (χ4v) is 3.38. The van der Waals surface area contributed by atoms with Crippen molar-refractivity contribution in [1.82, 2.24) is 0 Å². The van der Waals surface area contributed by atoms with E-state index in [4.69, 9.17) is 0 Å². The lowest BCUT2D eigenvalue weighted by molar-refractivity contribution is -0.115. The van der Waals surface area contributed by atoms with Gasteiger partial charge in [0.15, 0.2) is 0 Å². The highest BCUT2D eigenvalue weighted by atomic mass is 16.4. The molecule has 1 aliphatic heterocycles. The van der Waals surface area contributed by atoms with Crippen LogP contribution in [0.2, 0.25) is 0 Å². The second-order valence-electron chi connectivity index (χ2n) is 6.68. The first-order valence-electron chi connectivity index (χ1n) is 9.16. The molecule has 27 heavy (non-hydrogen) atoms. The van der Waals surface area contributed by atoms with E-state index in [1.165, 1.54) is 22.8 Å². The van der Waals surface area contributed by atoms with E-state index in [2.05, 4.69) is 35.3 Å². The number of carboxylic acids is 1. The Kier molecular flexibility index (Phi) is 5.60. The van der Waals surface area contributed by atoms with Crippen LogP contribution in [0.25, 0.3) is 5.57 Å². The van der Waals surface area contributed by atoms with Crippen LogP contribution in [0.5, 0.6) is 0 Å². The SMILES string of the molecule is CCC(=O)Nc1ccc(N2CC=C(c3ccccc3C)CC2)c(C(=O)O)c1. The van der Waals surface area contributed by atoms with Crippen molar-refractivity contribution in [3.05, 3.63) is 65.2 Å². The number of anilines is 2. The number of nitrogens with one attached hydrogen (secondary N) is 1. The minimum absolute atomic E-state index is 0.136. The van der Waals surface area contributed by atoms with E-state index in [9.17, 15) is 14.7 Å². The quantitative estimate of drug-likeness (QED) is 0.828. The summed E-state index contributed by atoms with van der Waals surface area (Å²) in [6.07, 6.45) is 3.38. The summed E-state index contributed by atoms with van der Waals surface area (Å²) < 4.78 is 0. The largest absolute Gasteiger partial charge is 0.478 e. The second kappa shape index (κ2) is 8.08. The molecule has 5 nitrogen and oxygen atoms in total. The third-order valence-electron chi connectivity index (χ3n) is 4.87. The Balaban J connectivity index is 1.84. The first-order valence-corrected chi connectivity index (χ1v) is 9.16. The normalized spacial score (nSPS) is 13.9. The van der Waals surface area contributed by atoms with Gasteiger partial charge in [-0.25, -0.2) is 4.79 Å². The Morgan fingerprint density at radius 1 is 1.19 bits per heavy atom. The van der Waals surface area contributed by atoms with E-state index in [1.807, 2.05) is 12.1 Å². The molecule has 0 radical (unpaired) electrons. The number of nitrogens with zero attached hydrogens (tertiary/aromatic N) is 1. The maximum atomic E-state index is 11.7. The number of hydrogen-bond donors (Lipinski definition) is 2. The molecular weight excluding hydrogens is 340 g/mol. The van der Waals surface area contributed by atoms with Crippen molar-refractivity contribution in [2.45, 2.75) is 26.7 Å². The molecule has 0 atom stereocenters. The van der Waals surface area contributed by atoms with Crippen molar-refractivity contribution in [1.29, 1.82) is 0 Å². The van der Waals surface area contributed by atoms with Gasteiger partial charge in [0.05, 0.1) is 11.3 Å². The average molecular weight is 364 g/mol. The molecule has 2 aromatic rings. The molecule has 0 aromatic heterocycles. The molecule has 140 valence electrons. The molecule has 3 rings (SSSR count). The first kappa shape index (κ1) is 18.7. The molecule has 0 saturated heterocycles. The number of rotatable bonds is 5. The first-order chi connectivity index (χ1) is 13.0. The van der Waals surface area contributed by atoms with Gasteiger partial charge in [-0.1, -0.05) is 37.3 Å². The zero-order valence-electron chi connectivity index (χ0n) is 15.7. The van der Waals surface area contributed by atoms with Crippen LogP contribution in [-0.2, 0) is 4.79 Å². The molecule has 0 unspecified atom stereocenters. The van der Waals surface area contributed by atoms with Crippen LogP contribution in [-0.4, -0.2) is 30.1 Å². The zero-order valence-corrected chi connectivity index (χ0v) is 15.7. The van der Waals surface area contributed by atoms with Crippen molar-refractivity contribution in [2.24, 2.45) is 0 Å². The van der Waals surface area contributed by atoms with Crippen LogP contribution in [0.1, 0.15) is 41.3 Å². The number of carbonyl (C=O) groups is 2. The smallest absolute Gasteiger partial charge is 0.337 e. The molecule has 1 heterocycles. The van der Waals surface area contributed by atoms with Gasteiger partial charge in [0.1, 0.15) is 0 Å². The third-order valence-corrected chi connectivity index (χ3v) is 4.87. The molecule has 0 saturated carbocycles. The number of hydrogen-bond acceptors (Lipinski definition) is 3. The van der Waals surface area contributed by atoms with E-state index in [1.54, 1.807) is 19.1 Å². The van der Waals surface area contributed by atoms with E-state index < -0.39 is 5.97 Å². The Morgan fingerprint density at radius 2 is 1.96 bits per heavy atom. The van der Waals surface area contributed by atoms with Crippen LogP contribution in [0.4, 0.5) is 11.4 Å². The summed E-state index contributed by atoms with van der Waals surface area (Å²) in [6, 6.07) is 13.4. The summed E-state index contributed by atoms with van der Waals surface area (Å²) in [4.78, 5) is 25.4. The van der Waals surface area contributed by atoms with Crippen molar-refractivity contribution in [3.8, 4) is 0 Å². The van der Waals surface area contributed by atoms with E-state index >= 15 is 0 Å². The van der Waals surface area contributed by atoms with Crippen LogP contribution in [0, 0.1) is 6.92 Å². The van der Waals surface area contributed by atoms with Crippen molar-refractivity contribution < 1.29 is 14.7 Å². The van der Waals surface area contributed by atoms with Crippen LogP contribution < -0.4 is 10.2 Å². The van der Waals surface area contributed by atoms with E-state index in [0.717, 1.165) is 13.0 Å². The van der Waals surface area contributed by atoms with Gasteiger partial charge in [-0.2, -0.15) is 0 Å². The standard InChI is InChI=1S/C22H24N2O3/c1-3-21(25)23-17-8-9-20(19(14-17)22(26)27)24-12-10-16(11-13-24)18-7-5-4-6-15(18)2/h4-10,14H,3,11-13H2,1-2H3,(H,23,25)(H,26,27). The topological polar surface area (TPSA) is 69.6 Å². The van der Waals surface area contributed by atoms with Crippen LogP contribution in [0.15, 0.2) is 48.5 Å². The lowest BCUT2D eigenvalue weighted by Gasteiger charge is -2.30. The molecule has 0 aliphatic carbocycles. The monoisotopic (exact) mass is 364 g/mol. The highest BCUT2D eigenvalue weighted by molar-refractivity contribution is 5.98. The Hall–Kier alpha value is -3.08. The number of carboxylic acid groups (broad SMARTS) is 1. The fraction of sp³-hybridized carbons (Fsp3) is 0.273. The summed E-state index contributed by atoms with van der Waals surface area (Å²) >= 11 is 0. The number of aryl methyl sites for hydroxylation is 1. The summed E-state index contributed by atoms with van der Waals surface area (Å²) in [6.45, 7) is 5.27. The zero-order chi connectivity index (χ0) is 19.4. The van der Waals surface area contributed by atoms with Gasteiger partial charge in [-0.3, -0.25) is 4.79 Å². The molecule has 5 heteroatoms. The fourth-order valence-electron chi connectivity index (χ4n) is 3.38. The molecule has 2 N–H and O–H groups in total. The maximum absolute atomic E-state index is 11.7. The van der Waals surface area contributed by atoms with Crippen molar-refractivity contribution >= 4 is 28.8 Å². The minimum atomic E-state index is -0.994. The van der Waals surface area contributed by atoms with E-state index in [0.29, 0.717) is 24.3 Å². The third kappa shape index (κ3) is 4.19. The second-order valence-corrected chi connectivity index (χ2v) is 6.68. The lowest BCUT2D eigenvalue weighted by Crippen LogP contribution is -2.30. The van der Waals surface area contributed by atoms with Crippen molar-refractivity contribution in [2.75, 3.05) is 23.3 Å². The highest BCUT2D eigenvalue weighted by Gasteiger charge is 2.20. The molecule has 1 aliphatic rings. The highest BCUT2D eigenvalue weighted by Crippen LogP contribution is 2.30. The molecule has 0 bridgehead atoms. The minimum Gasteiger partial charge on any atom is -0.478 e. The summed E-state index contributed by atoms with van der Waals surface area (Å²) in [7, 11) is 0. The summed E-state index contributed by atoms with van der Waals surface area (Å²) in [5, 5.41) is 12.3. The molecule has 0 spiro atoms. The van der Waals surface area contributed by atoms with Gasteiger partial charge < -0.3 is 15.3 Å².